The van der Waals surface area contributed by atoms with E-state index in [0.29, 0.717) is 18.7 Å². The number of nitrogens with one attached hydrogen (secondary N) is 1. The molecule has 0 spiro atoms. The van der Waals surface area contributed by atoms with E-state index < -0.39 is 0 Å². The zero-order valence-corrected chi connectivity index (χ0v) is 15.2. The quantitative estimate of drug-likeness (QED) is 0.749. The van der Waals surface area contributed by atoms with Gasteiger partial charge < -0.3 is 16.0 Å². The summed E-state index contributed by atoms with van der Waals surface area (Å²) in [5.74, 6) is -0.0116. The highest BCUT2D eigenvalue weighted by molar-refractivity contribution is 5.94. The number of para-hydroxylation sites is 1. The standard InChI is InChI=1S/C21H28N4O/c22-17-18-7-9-19(10-8-18)21(26)23-11-4-12-24-13-15-25(16-14-24)20-5-2-1-3-6-20/h1-3,5-10H,4,11-17,22H2,(H,23,26). The van der Waals surface area contributed by atoms with E-state index in [-0.39, 0.29) is 5.91 Å². The number of amides is 1. The molecule has 3 rings (SSSR count). The van der Waals surface area contributed by atoms with E-state index in [1.54, 1.807) is 0 Å². The summed E-state index contributed by atoms with van der Waals surface area (Å²) in [6.07, 6.45) is 0.970. The van der Waals surface area contributed by atoms with Crippen LogP contribution in [0.4, 0.5) is 5.69 Å². The molecule has 1 heterocycles. The van der Waals surface area contributed by atoms with Crippen LogP contribution < -0.4 is 16.0 Å². The van der Waals surface area contributed by atoms with Crippen LogP contribution in [0, 0.1) is 0 Å². The lowest BCUT2D eigenvalue weighted by molar-refractivity contribution is 0.0951. The van der Waals surface area contributed by atoms with E-state index in [0.717, 1.165) is 44.7 Å². The molecule has 138 valence electrons. The van der Waals surface area contributed by atoms with E-state index in [2.05, 4.69) is 45.4 Å². The summed E-state index contributed by atoms with van der Waals surface area (Å²) in [6, 6.07) is 18.1. The van der Waals surface area contributed by atoms with Crippen molar-refractivity contribution in [2.45, 2.75) is 13.0 Å². The molecule has 26 heavy (non-hydrogen) atoms. The molecule has 5 nitrogen and oxygen atoms in total. The van der Waals surface area contributed by atoms with Gasteiger partial charge in [-0.2, -0.15) is 0 Å². The van der Waals surface area contributed by atoms with Crippen molar-refractivity contribution in [1.29, 1.82) is 0 Å². The predicted octanol–water partition coefficient (Wildman–Crippen LogP) is 2.09. The lowest BCUT2D eigenvalue weighted by Crippen LogP contribution is -2.47. The average Bonchev–Trinajstić information content (AvgIpc) is 2.72. The third-order valence-electron chi connectivity index (χ3n) is 4.88. The second-order valence-corrected chi connectivity index (χ2v) is 6.67. The topological polar surface area (TPSA) is 61.6 Å². The maximum Gasteiger partial charge on any atom is 0.251 e. The summed E-state index contributed by atoms with van der Waals surface area (Å²) >= 11 is 0. The summed E-state index contributed by atoms with van der Waals surface area (Å²) in [7, 11) is 0. The fraction of sp³-hybridized carbons (Fsp3) is 0.381. The zero-order valence-electron chi connectivity index (χ0n) is 15.2. The summed E-state index contributed by atoms with van der Waals surface area (Å²) in [5, 5.41) is 3.00. The van der Waals surface area contributed by atoms with Crippen molar-refractivity contribution in [2.75, 3.05) is 44.2 Å². The van der Waals surface area contributed by atoms with Crippen molar-refractivity contribution in [3.8, 4) is 0 Å². The van der Waals surface area contributed by atoms with Crippen LogP contribution in [0.1, 0.15) is 22.3 Å². The molecule has 1 amide bonds. The minimum absolute atomic E-state index is 0.0116. The third-order valence-corrected chi connectivity index (χ3v) is 4.88. The highest BCUT2D eigenvalue weighted by atomic mass is 16.1. The first-order chi connectivity index (χ1) is 12.8. The van der Waals surface area contributed by atoms with Crippen molar-refractivity contribution in [3.05, 3.63) is 65.7 Å². The van der Waals surface area contributed by atoms with Crippen LogP contribution in [-0.4, -0.2) is 50.1 Å². The van der Waals surface area contributed by atoms with E-state index in [1.807, 2.05) is 24.3 Å². The van der Waals surface area contributed by atoms with E-state index in [4.69, 9.17) is 5.73 Å². The molecular weight excluding hydrogens is 324 g/mol. The smallest absolute Gasteiger partial charge is 0.251 e. The maximum absolute atomic E-state index is 12.1. The fourth-order valence-electron chi connectivity index (χ4n) is 3.27. The van der Waals surface area contributed by atoms with Gasteiger partial charge in [-0.05, 0) is 42.8 Å². The second kappa shape index (κ2) is 9.36. The van der Waals surface area contributed by atoms with Gasteiger partial charge in [0.2, 0.25) is 0 Å². The molecule has 0 saturated carbocycles. The molecule has 0 atom stereocenters. The van der Waals surface area contributed by atoms with Gasteiger partial charge >= 0.3 is 0 Å². The zero-order chi connectivity index (χ0) is 18.2. The van der Waals surface area contributed by atoms with Crippen molar-refractivity contribution in [2.24, 2.45) is 5.73 Å². The maximum atomic E-state index is 12.1. The van der Waals surface area contributed by atoms with E-state index in [9.17, 15) is 4.79 Å². The average molecular weight is 352 g/mol. The molecule has 2 aromatic carbocycles. The Kier molecular flexibility index (Phi) is 6.63. The highest BCUT2D eigenvalue weighted by Gasteiger charge is 2.16. The first kappa shape index (κ1) is 18.4. The number of anilines is 1. The Morgan fingerprint density at radius 2 is 1.65 bits per heavy atom. The van der Waals surface area contributed by atoms with Crippen LogP contribution >= 0.6 is 0 Å². The van der Waals surface area contributed by atoms with Gasteiger partial charge in [0, 0.05) is 50.5 Å². The minimum atomic E-state index is -0.0116. The number of nitrogens with two attached hydrogens (primary N) is 1. The van der Waals surface area contributed by atoms with Gasteiger partial charge in [-0.1, -0.05) is 30.3 Å². The van der Waals surface area contributed by atoms with Crippen molar-refractivity contribution >= 4 is 11.6 Å². The minimum Gasteiger partial charge on any atom is -0.369 e. The molecule has 3 N–H and O–H groups in total. The van der Waals surface area contributed by atoms with E-state index in [1.165, 1.54) is 5.69 Å². The van der Waals surface area contributed by atoms with Gasteiger partial charge in [0.05, 0.1) is 0 Å². The SMILES string of the molecule is NCc1ccc(C(=O)NCCCN2CCN(c3ccccc3)CC2)cc1. The lowest BCUT2D eigenvalue weighted by atomic mass is 10.1. The van der Waals surface area contributed by atoms with Crippen molar-refractivity contribution in [1.82, 2.24) is 10.2 Å². The summed E-state index contributed by atoms with van der Waals surface area (Å²) in [5.41, 5.74) is 8.62. The van der Waals surface area contributed by atoms with Crippen LogP contribution in [0.3, 0.4) is 0 Å². The Hall–Kier alpha value is -2.37. The largest absolute Gasteiger partial charge is 0.369 e. The normalized spacial score (nSPS) is 15.0. The summed E-state index contributed by atoms with van der Waals surface area (Å²) < 4.78 is 0. The van der Waals surface area contributed by atoms with Gasteiger partial charge in [0.15, 0.2) is 0 Å². The molecule has 1 fully saturated rings. The van der Waals surface area contributed by atoms with Gasteiger partial charge in [-0.3, -0.25) is 9.69 Å². The van der Waals surface area contributed by atoms with Crippen LogP contribution in [0.25, 0.3) is 0 Å². The third kappa shape index (κ3) is 5.07. The van der Waals surface area contributed by atoms with E-state index >= 15 is 0 Å². The Morgan fingerprint density at radius 1 is 0.962 bits per heavy atom. The van der Waals surface area contributed by atoms with Crippen LogP contribution in [0.15, 0.2) is 54.6 Å². The molecular formula is C21H28N4O. The first-order valence-electron chi connectivity index (χ1n) is 9.36. The van der Waals surface area contributed by atoms with Crippen LogP contribution in [0.5, 0.6) is 0 Å². The number of carbonyl (C=O) groups excluding carboxylic acids is 1. The van der Waals surface area contributed by atoms with Gasteiger partial charge in [-0.25, -0.2) is 0 Å². The predicted molar refractivity (Wildman–Crippen MR) is 106 cm³/mol. The molecule has 0 bridgehead atoms. The number of hydrogen-bond acceptors (Lipinski definition) is 4. The van der Waals surface area contributed by atoms with Crippen LogP contribution in [-0.2, 0) is 6.54 Å². The number of carbonyl (C=O) groups is 1. The van der Waals surface area contributed by atoms with Crippen molar-refractivity contribution < 1.29 is 4.79 Å². The Labute approximate surface area is 155 Å². The molecule has 5 heteroatoms. The molecule has 0 unspecified atom stereocenters. The Bertz CT molecular complexity index is 679. The Morgan fingerprint density at radius 3 is 2.31 bits per heavy atom. The molecule has 2 aromatic rings. The number of piperazine rings is 1. The fourth-order valence-corrected chi connectivity index (χ4v) is 3.27. The number of benzene rings is 2. The van der Waals surface area contributed by atoms with Crippen molar-refractivity contribution in [3.63, 3.8) is 0 Å². The second-order valence-electron chi connectivity index (χ2n) is 6.67. The molecule has 1 saturated heterocycles. The number of hydrogen-bond donors (Lipinski definition) is 2. The van der Waals surface area contributed by atoms with Gasteiger partial charge in [0.25, 0.3) is 5.91 Å². The van der Waals surface area contributed by atoms with Gasteiger partial charge in [0.1, 0.15) is 0 Å². The molecule has 1 aliphatic rings. The van der Waals surface area contributed by atoms with Crippen LogP contribution in [0.2, 0.25) is 0 Å². The number of nitrogens with zero attached hydrogens (tertiary/aromatic N) is 2. The molecule has 0 aromatic heterocycles. The first-order valence-corrected chi connectivity index (χ1v) is 9.36. The lowest BCUT2D eigenvalue weighted by Gasteiger charge is -2.36. The monoisotopic (exact) mass is 352 g/mol. The molecule has 0 radical (unpaired) electrons. The molecule has 1 aliphatic heterocycles. The summed E-state index contributed by atoms with van der Waals surface area (Å²) in [4.78, 5) is 17.0. The Balaban J connectivity index is 1.33. The summed E-state index contributed by atoms with van der Waals surface area (Å²) in [6.45, 7) is 6.49. The highest BCUT2D eigenvalue weighted by Crippen LogP contribution is 2.15. The molecule has 0 aliphatic carbocycles. The van der Waals surface area contributed by atoms with Gasteiger partial charge in [-0.15, -0.1) is 0 Å². The number of rotatable bonds is 7.